The third-order valence-corrected chi connectivity index (χ3v) is 6.32. The monoisotopic (exact) mass is 415 g/mol. The Morgan fingerprint density at radius 1 is 1.37 bits per heavy atom. The van der Waals surface area contributed by atoms with E-state index in [2.05, 4.69) is 34.1 Å². The summed E-state index contributed by atoms with van der Waals surface area (Å²) in [6, 6.07) is 3.50. The van der Waals surface area contributed by atoms with E-state index in [1.807, 2.05) is 4.68 Å². The normalized spacial score (nSPS) is 26.2. The van der Waals surface area contributed by atoms with Gasteiger partial charge in [-0.1, -0.05) is 13.8 Å². The lowest BCUT2D eigenvalue weighted by molar-refractivity contribution is -0.0316. The number of nitrogens with one attached hydrogen (secondary N) is 1. The van der Waals surface area contributed by atoms with Gasteiger partial charge in [0, 0.05) is 43.3 Å². The van der Waals surface area contributed by atoms with Crippen LogP contribution >= 0.6 is 0 Å². The Kier molecular flexibility index (Phi) is 5.50. The highest BCUT2D eigenvalue weighted by Gasteiger charge is 2.42. The number of anilines is 2. The molecule has 1 aliphatic carbocycles. The van der Waals surface area contributed by atoms with Gasteiger partial charge in [0.1, 0.15) is 5.56 Å². The molecule has 4 rings (SSSR count). The number of nitrogens with zero attached hydrogens (tertiary/aromatic N) is 4. The smallest absolute Gasteiger partial charge is 0.254 e. The zero-order valence-corrected chi connectivity index (χ0v) is 17.5. The van der Waals surface area contributed by atoms with Gasteiger partial charge in [-0.3, -0.25) is 14.4 Å². The van der Waals surface area contributed by atoms with Crippen molar-refractivity contribution in [1.29, 1.82) is 0 Å². The molecule has 5 N–H and O–H groups in total. The second-order valence-corrected chi connectivity index (χ2v) is 9.33. The number of pyridine rings is 1. The number of amides is 1. The van der Waals surface area contributed by atoms with Crippen LogP contribution in [-0.2, 0) is 0 Å². The number of aromatic nitrogens is 3. The maximum Gasteiger partial charge on any atom is 0.254 e. The average molecular weight is 416 g/mol. The van der Waals surface area contributed by atoms with E-state index in [1.54, 1.807) is 12.3 Å². The zero-order chi connectivity index (χ0) is 21.5. The summed E-state index contributed by atoms with van der Waals surface area (Å²) in [4.78, 5) is 18.1. The number of primary amides is 1. The molecule has 1 saturated carbocycles. The topological polar surface area (TPSA) is 115 Å². The van der Waals surface area contributed by atoms with Crippen LogP contribution in [0.25, 0.3) is 0 Å². The van der Waals surface area contributed by atoms with Gasteiger partial charge in [0.15, 0.2) is 5.82 Å². The molecule has 8 nitrogen and oxygen atoms in total. The minimum atomic E-state index is -0.615. The summed E-state index contributed by atoms with van der Waals surface area (Å²) in [6.45, 7) is 7.41. The molecule has 2 aliphatic rings. The molecule has 2 fully saturated rings. The maximum atomic E-state index is 13.4. The molecule has 0 spiro atoms. The van der Waals surface area contributed by atoms with Crippen LogP contribution in [0.5, 0.6) is 0 Å². The molecule has 2 aromatic heterocycles. The Morgan fingerprint density at radius 2 is 2.13 bits per heavy atom. The van der Waals surface area contributed by atoms with Crippen LogP contribution in [0.1, 0.15) is 49.5 Å². The fourth-order valence-electron chi connectivity index (χ4n) is 4.92. The van der Waals surface area contributed by atoms with Gasteiger partial charge < -0.3 is 16.8 Å². The van der Waals surface area contributed by atoms with Crippen LogP contribution in [0.15, 0.2) is 24.5 Å². The lowest BCUT2D eigenvalue weighted by atomic mass is 9.76. The fraction of sp³-hybridized carbons (Fsp3) is 0.571. The number of carbonyl (C=O) groups is 1. The lowest BCUT2D eigenvalue weighted by Gasteiger charge is -2.52. The van der Waals surface area contributed by atoms with Crippen molar-refractivity contribution < 1.29 is 9.18 Å². The molecule has 162 valence electrons. The van der Waals surface area contributed by atoms with E-state index < -0.39 is 11.9 Å². The van der Waals surface area contributed by atoms with E-state index in [1.165, 1.54) is 12.3 Å². The predicted octanol–water partition coefficient (Wildman–Crippen LogP) is 2.27. The zero-order valence-electron chi connectivity index (χ0n) is 17.5. The molecule has 0 bridgehead atoms. The van der Waals surface area contributed by atoms with E-state index in [0.29, 0.717) is 29.5 Å². The van der Waals surface area contributed by atoms with Crippen molar-refractivity contribution in [2.75, 3.05) is 25.0 Å². The van der Waals surface area contributed by atoms with E-state index in [9.17, 15) is 9.18 Å². The molecule has 0 unspecified atom stereocenters. The quantitative estimate of drug-likeness (QED) is 0.624. The van der Waals surface area contributed by atoms with Crippen LogP contribution in [0.3, 0.4) is 0 Å². The number of hydrogen-bond donors (Lipinski definition) is 3. The summed E-state index contributed by atoms with van der Waals surface area (Å²) in [5.41, 5.74) is 12.8. The average Bonchev–Trinajstić information content (AvgIpc) is 3.09. The van der Waals surface area contributed by atoms with Crippen molar-refractivity contribution in [2.24, 2.45) is 22.8 Å². The number of halogens is 1. The standard InChI is InChI=1S/C21H30FN7O/c1-21(2)11-28(12-21)15-3-4-17(13(7-15)9-23)29-10-16(19(24)30)20(27-29)26-14-5-6-25-18(22)8-14/h5-6,8,10,13,15,17H,3-4,7,9,11-12,23H2,1-2H3,(H2,24,30)(H,25,26,27)/t13-,15+,17+/m1/s1. The van der Waals surface area contributed by atoms with Crippen molar-refractivity contribution in [3.05, 3.63) is 36.0 Å². The molecule has 3 atom stereocenters. The number of likely N-dealkylation sites (tertiary alicyclic amines) is 1. The van der Waals surface area contributed by atoms with Gasteiger partial charge >= 0.3 is 0 Å². The Labute approximate surface area is 175 Å². The Bertz CT molecular complexity index is 920. The largest absolute Gasteiger partial charge is 0.365 e. The summed E-state index contributed by atoms with van der Waals surface area (Å²) in [5.74, 6) is -0.621. The highest BCUT2D eigenvalue weighted by atomic mass is 19.1. The number of hydrogen-bond acceptors (Lipinski definition) is 6. The first-order valence-electron chi connectivity index (χ1n) is 10.5. The van der Waals surface area contributed by atoms with Crippen LogP contribution in [0.2, 0.25) is 0 Å². The van der Waals surface area contributed by atoms with Gasteiger partial charge in [0.05, 0.1) is 6.04 Å². The SMILES string of the molecule is CC1(C)CN([C@H]2CC[C@H](n3cc(C(N)=O)c(Nc4ccnc(F)c4)n3)[C@@H](CN)C2)C1. The molecule has 1 saturated heterocycles. The first-order valence-corrected chi connectivity index (χ1v) is 10.5. The van der Waals surface area contributed by atoms with Crippen molar-refractivity contribution in [2.45, 2.75) is 45.2 Å². The lowest BCUT2D eigenvalue weighted by Crippen LogP contribution is -2.58. The summed E-state index contributed by atoms with van der Waals surface area (Å²) in [5, 5.41) is 7.59. The molecular weight excluding hydrogens is 385 g/mol. The fourth-order valence-corrected chi connectivity index (χ4v) is 4.92. The molecule has 0 aromatic carbocycles. The first kappa shape index (κ1) is 20.7. The molecule has 0 radical (unpaired) electrons. The number of carbonyl (C=O) groups excluding carboxylic acids is 1. The summed E-state index contributed by atoms with van der Waals surface area (Å²) in [6.07, 6.45) is 6.05. The number of nitrogens with two attached hydrogens (primary N) is 2. The molecule has 1 aliphatic heterocycles. The van der Waals surface area contributed by atoms with E-state index in [-0.39, 0.29) is 17.5 Å². The van der Waals surface area contributed by atoms with E-state index in [0.717, 1.165) is 32.4 Å². The van der Waals surface area contributed by atoms with Crippen LogP contribution < -0.4 is 16.8 Å². The van der Waals surface area contributed by atoms with E-state index >= 15 is 0 Å². The minimum absolute atomic E-state index is 0.100. The van der Waals surface area contributed by atoms with Crippen LogP contribution in [-0.4, -0.2) is 51.2 Å². The van der Waals surface area contributed by atoms with Gasteiger partial charge in [0.2, 0.25) is 5.95 Å². The molecule has 9 heteroatoms. The van der Waals surface area contributed by atoms with Gasteiger partial charge in [0.25, 0.3) is 5.91 Å². The van der Waals surface area contributed by atoms with Crippen molar-refractivity contribution in [1.82, 2.24) is 19.7 Å². The molecule has 2 aromatic rings. The Balaban J connectivity index is 1.52. The molecule has 1 amide bonds. The number of rotatable bonds is 6. The molecule has 30 heavy (non-hydrogen) atoms. The van der Waals surface area contributed by atoms with Gasteiger partial charge in [-0.25, -0.2) is 4.98 Å². The van der Waals surface area contributed by atoms with Gasteiger partial charge in [-0.2, -0.15) is 9.49 Å². The van der Waals surface area contributed by atoms with Crippen LogP contribution in [0.4, 0.5) is 15.9 Å². The maximum absolute atomic E-state index is 13.4. The van der Waals surface area contributed by atoms with Crippen LogP contribution in [0, 0.1) is 17.3 Å². The van der Waals surface area contributed by atoms with Crippen molar-refractivity contribution in [3.8, 4) is 0 Å². The Hall–Kier alpha value is -2.52. The highest BCUT2D eigenvalue weighted by molar-refractivity contribution is 5.98. The minimum Gasteiger partial charge on any atom is -0.365 e. The molecule has 3 heterocycles. The van der Waals surface area contributed by atoms with E-state index in [4.69, 9.17) is 11.5 Å². The summed E-state index contributed by atoms with van der Waals surface area (Å²) >= 11 is 0. The van der Waals surface area contributed by atoms with Crippen molar-refractivity contribution in [3.63, 3.8) is 0 Å². The first-order chi connectivity index (χ1) is 14.3. The third kappa shape index (κ3) is 4.17. The highest BCUT2D eigenvalue weighted by Crippen LogP contribution is 2.40. The molecular formula is C21H30FN7O. The third-order valence-electron chi connectivity index (χ3n) is 6.32. The second kappa shape index (κ2) is 7.96. The Morgan fingerprint density at radius 3 is 2.77 bits per heavy atom. The summed E-state index contributed by atoms with van der Waals surface area (Å²) < 4.78 is 15.2. The van der Waals surface area contributed by atoms with Crippen molar-refractivity contribution >= 4 is 17.4 Å². The predicted molar refractivity (Wildman–Crippen MR) is 113 cm³/mol. The van der Waals surface area contributed by atoms with Gasteiger partial charge in [-0.15, -0.1) is 0 Å². The summed E-state index contributed by atoms with van der Waals surface area (Å²) in [7, 11) is 0. The second-order valence-electron chi connectivity index (χ2n) is 9.33. The van der Waals surface area contributed by atoms with Gasteiger partial charge in [-0.05, 0) is 43.2 Å².